The van der Waals surface area contributed by atoms with Gasteiger partial charge in [0, 0.05) is 19.0 Å². The van der Waals surface area contributed by atoms with Crippen LogP contribution in [0.15, 0.2) is 0 Å². The topological polar surface area (TPSA) is 73.3 Å². The Morgan fingerprint density at radius 1 is 1.54 bits per heavy atom. The first-order valence-corrected chi connectivity index (χ1v) is 4.64. The molecule has 0 aliphatic carbocycles. The van der Waals surface area contributed by atoms with Crippen molar-refractivity contribution in [1.29, 1.82) is 5.41 Å². The molecular weight excluding hydrogens is 166 g/mol. The lowest BCUT2D eigenvalue weighted by Gasteiger charge is -2.24. The van der Waals surface area contributed by atoms with E-state index in [9.17, 15) is 0 Å². The van der Waals surface area contributed by atoms with Crippen LogP contribution in [0.5, 0.6) is 0 Å². The van der Waals surface area contributed by atoms with Gasteiger partial charge in [-0.3, -0.25) is 5.41 Å². The summed E-state index contributed by atoms with van der Waals surface area (Å²) in [6, 6.07) is 0.274. The van der Waals surface area contributed by atoms with E-state index in [0.29, 0.717) is 6.42 Å². The van der Waals surface area contributed by atoms with Gasteiger partial charge in [-0.15, -0.1) is 0 Å². The van der Waals surface area contributed by atoms with Gasteiger partial charge in [0.05, 0.1) is 11.9 Å². The van der Waals surface area contributed by atoms with E-state index in [1.165, 1.54) is 0 Å². The summed E-state index contributed by atoms with van der Waals surface area (Å²) in [6.07, 6.45) is 1.10. The number of rotatable bonds is 6. The maximum absolute atomic E-state index is 9.07. The summed E-state index contributed by atoms with van der Waals surface area (Å²) in [5.41, 5.74) is 5.29. The third-order valence-electron chi connectivity index (χ3n) is 2.17. The molecule has 2 unspecified atom stereocenters. The summed E-state index contributed by atoms with van der Waals surface area (Å²) in [6.45, 7) is 4.65. The van der Waals surface area contributed by atoms with E-state index in [1.807, 2.05) is 14.0 Å². The molecule has 0 saturated carbocycles. The number of nitrogens with one attached hydrogen (secondary N) is 1. The van der Waals surface area contributed by atoms with E-state index in [4.69, 9.17) is 16.2 Å². The van der Waals surface area contributed by atoms with E-state index in [2.05, 4.69) is 4.90 Å². The summed E-state index contributed by atoms with van der Waals surface area (Å²) >= 11 is 0. The summed E-state index contributed by atoms with van der Waals surface area (Å²) < 4.78 is 0. The zero-order valence-electron chi connectivity index (χ0n) is 8.75. The lowest BCUT2D eigenvalue weighted by Crippen LogP contribution is -2.34. The largest absolute Gasteiger partial charge is 0.393 e. The molecule has 0 aromatic carbocycles. The Hall–Kier alpha value is -0.610. The van der Waals surface area contributed by atoms with Crippen LogP contribution in [0, 0.1) is 5.41 Å². The molecule has 4 N–H and O–H groups in total. The standard InChI is InChI=1S/C9H21N3O/c1-7(6-9(10)11)12(3)5-4-8(2)13/h7-8,13H,4-6H2,1-3H3,(H3,10,11). The fourth-order valence-electron chi connectivity index (χ4n) is 1.08. The van der Waals surface area contributed by atoms with Crippen LogP contribution in [0.25, 0.3) is 0 Å². The van der Waals surface area contributed by atoms with Gasteiger partial charge in [-0.25, -0.2) is 0 Å². The summed E-state index contributed by atoms with van der Waals surface area (Å²) in [5.74, 6) is 0.219. The quantitative estimate of drug-likeness (QED) is 0.416. The second-order valence-electron chi connectivity index (χ2n) is 3.70. The van der Waals surface area contributed by atoms with Crippen molar-refractivity contribution in [3.8, 4) is 0 Å². The van der Waals surface area contributed by atoms with E-state index in [-0.39, 0.29) is 18.0 Å². The van der Waals surface area contributed by atoms with E-state index >= 15 is 0 Å². The average Bonchev–Trinajstić information content (AvgIpc) is 1.98. The Morgan fingerprint density at radius 3 is 2.46 bits per heavy atom. The highest BCUT2D eigenvalue weighted by Crippen LogP contribution is 2.02. The van der Waals surface area contributed by atoms with Gasteiger partial charge >= 0.3 is 0 Å². The second kappa shape index (κ2) is 5.94. The highest BCUT2D eigenvalue weighted by Gasteiger charge is 2.10. The Labute approximate surface area is 80.2 Å². The van der Waals surface area contributed by atoms with E-state index < -0.39 is 0 Å². The first-order chi connectivity index (χ1) is 5.93. The summed E-state index contributed by atoms with van der Waals surface area (Å²) in [4.78, 5) is 2.11. The highest BCUT2D eigenvalue weighted by molar-refractivity contribution is 5.77. The van der Waals surface area contributed by atoms with Gasteiger partial charge in [0.15, 0.2) is 0 Å². The van der Waals surface area contributed by atoms with Crippen LogP contribution in [0.4, 0.5) is 0 Å². The first-order valence-electron chi connectivity index (χ1n) is 4.64. The van der Waals surface area contributed by atoms with Crippen molar-refractivity contribution in [3.63, 3.8) is 0 Å². The van der Waals surface area contributed by atoms with Gasteiger partial charge in [0.25, 0.3) is 0 Å². The molecule has 78 valence electrons. The molecule has 0 aliphatic heterocycles. The number of aliphatic hydroxyl groups is 1. The van der Waals surface area contributed by atoms with Crippen LogP contribution in [0.3, 0.4) is 0 Å². The van der Waals surface area contributed by atoms with Crippen LogP contribution < -0.4 is 5.73 Å². The molecule has 0 aromatic heterocycles. The number of nitrogens with two attached hydrogens (primary N) is 1. The van der Waals surface area contributed by atoms with Crippen LogP contribution in [0.1, 0.15) is 26.7 Å². The monoisotopic (exact) mass is 187 g/mol. The molecule has 0 heterocycles. The number of nitrogens with zero attached hydrogens (tertiary/aromatic N) is 1. The molecule has 0 aliphatic rings. The number of amidine groups is 1. The van der Waals surface area contributed by atoms with Crippen molar-refractivity contribution < 1.29 is 5.11 Å². The van der Waals surface area contributed by atoms with Gasteiger partial charge in [0.2, 0.25) is 0 Å². The number of hydrogen-bond donors (Lipinski definition) is 3. The molecule has 0 fully saturated rings. The van der Waals surface area contributed by atoms with Crippen LogP contribution in [-0.4, -0.2) is 41.6 Å². The predicted octanol–water partition coefficient (Wildman–Crippen LogP) is 0.404. The number of aliphatic hydroxyl groups excluding tert-OH is 1. The molecule has 2 atom stereocenters. The molecule has 13 heavy (non-hydrogen) atoms. The Balaban J connectivity index is 3.68. The van der Waals surface area contributed by atoms with Crippen molar-refractivity contribution in [2.45, 2.75) is 38.8 Å². The Kier molecular flexibility index (Phi) is 5.66. The molecule has 0 bridgehead atoms. The Bertz CT molecular complexity index is 159. The van der Waals surface area contributed by atoms with Gasteiger partial charge < -0.3 is 15.7 Å². The minimum Gasteiger partial charge on any atom is -0.393 e. The molecular formula is C9H21N3O. The van der Waals surface area contributed by atoms with Crippen LogP contribution >= 0.6 is 0 Å². The summed E-state index contributed by atoms with van der Waals surface area (Å²) in [7, 11) is 1.98. The zero-order chi connectivity index (χ0) is 10.4. The fraction of sp³-hybridized carbons (Fsp3) is 0.889. The average molecular weight is 187 g/mol. The fourth-order valence-corrected chi connectivity index (χ4v) is 1.08. The third-order valence-corrected chi connectivity index (χ3v) is 2.17. The smallest absolute Gasteiger partial charge is 0.0920 e. The molecule has 0 spiro atoms. The lowest BCUT2D eigenvalue weighted by molar-refractivity contribution is 0.153. The Morgan fingerprint density at radius 2 is 2.08 bits per heavy atom. The number of hydrogen-bond acceptors (Lipinski definition) is 3. The zero-order valence-corrected chi connectivity index (χ0v) is 8.75. The lowest BCUT2D eigenvalue weighted by atomic mass is 10.2. The van der Waals surface area contributed by atoms with Gasteiger partial charge in [-0.2, -0.15) is 0 Å². The molecule has 0 radical (unpaired) electrons. The molecule has 4 nitrogen and oxygen atoms in total. The highest BCUT2D eigenvalue weighted by atomic mass is 16.3. The van der Waals surface area contributed by atoms with Crippen molar-refractivity contribution in [2.75, 3.05) is 13.6 Å². The van der Waals surface area contributed by atoms with E-state index in [0.717, 1.165) is 13.0 Å². The van der Waals surface area contributed by atoms with E-state index in [1.54, 1.807) is 6.92 Å². The minimum absolute atomic E-state index is 0.219. The van der Waals surface area contributed by atoms with Crippen molar-refractivity contribution in [3.05, 3.63) is 0 Å². The third kappa shape index (κ3) is 6.54. The van der Waals surface area contributed by atoms with Gasteiger partial charge in [-0.05, 0) is 27.3 Å². The summed E-state index contributed by atoms with van der Waals surface area (Å²) in [5, 5.41) is 16.2. The first kappa shape index (κ1) is 12.4. The SMILES string of the molecule is CC(O)CCN(C)C(C)CC(=N)N. The molecule has 4 heteroatoms. The molecule has 0 aromatic rings. The van der Waals surface area contributed by atoms with Gasteiger partial charge in [0.1, 0.15) is 0 Å². The molecule has 0 amide bonds. The maximum atomic E-state index is 9.07. The molecule has 0 rings (SSSR count). The maximum Gasteiger partial charge on any atom is 0.0920 e. The van der Waals surface area contributed by atoms with Crippen molar-refractivity contribution in [2.24, 2.45) is 5.73 Å². The van der Waals surface area contributed by atoms with Crippen LogP contribution in [-0.2, 0) is 0 Å². The van der Waals surface area contributed by atoms with Crippen LogP contribution in [0.2, 0.25) is 0 Å². The van der Waals surface area contributed by atoms with Crippen molar-refractivity contribution in [1.82, 2.24) is 4.90 Å². The second-order valence-corrected chi connectivity index (χ2v) is 3.70. The van der Waals surface area contributed by atoms with Gasteiger partial charge in [-0.1, -0.05) is 0 Å². The normalized spacial score (nSPS) is 15.8. The molecule has 0 saturated heterocycles. The predicted molar refractivity (Wildman–Crippen MR) is 54.9 cm³/mol. The minimum atomic E-state index is -0.257. The van der Waals surface area contributed by atoms with Crippen molar-refractivity contribution >= 4 is 5.84 Å².